The van der Waals surface area contributed by atoms with Gasteiger partial charge in [-0.1, -0.05) is 49.4 Å². The van der Waals surface area contributed by atoms with Crippen LogP contribution in [0.3, 0.4) is 0 Å². The van der Waals surface area contributed by atoms with Gasteiger partial charge < -0.3 is 5.32 Å². The molecule has 0 radical (unpaired) electrons. The molecule has 1 unspecified atom stereocenters. The third-order valence-electron chi connectivity index (χ3n) is 3.52. The van der Waals surface area contributed by atoms with Crippen LogP contribution in [0.25, 0.3) is 0 Å². The molecule has 0 aliphatic carbocycles. The second kappa shape index (κ2) is 7.58. The molecule has 2 nitrogen and oxygen atoms in total. The molecular formula is C18H20FNO. The fourth-order valence-corrected chi connectivity index (χ4v) is 2.27. The predicted molar refractivity (Wildman–Crippen MR) is 82.6 cm³/mol. The van der Waals surface area contributed by atoms with Crippen LogP contribution in [0.2, 0.25) is 0 Å². The lowest BCUT2D eigenvalue weighted by molar-refractivity contribution is -0.120. The Morgan fingerprint density at radius 1 is 1.14 bits per heavy atom. The molecule has 0 aliphatic rings. The quantitative estimate of drug-likeness (QED) is 0.862. The molecule has 0 saturated carbocycles. The summed E-state index contributed by atoms with van der Waals surface area (Å²) in [4.78, 5) is 11.8. The van der Waals surface area contributed by atoms with Crippen molar-refractivity contribution in [2.24, 2.45) is 0 Å². The van der Waals surface area contributed by atoms with Gasteiger partial charge in [-0.15, -0.1) is 0 Å². The normalized spacial score (nSPS) is 11.9. The van der Waals surface area contributed by atoms with Gasteiger partial charge in [-0.25, -0.2) is 4.39 Å². The van der Waals surface area contributed by atoms with E-state index in [4.69, 9.17) is 0 Å². The van der Waals surface area contributed by atoms with Gasteiger partial charge in [0.25, 0.3) is 0 Å². The topological polar surface area (TPSA) is 29.1 Å². The summed E-state index contributed by atoms with van der Waals surface area (Å²) in [6.07, 6.45) is 1.11. The van der Waals surface area contributed by atoms with Crippen molar-refractivity contribution in [2.45, 2.75) is 25.7 Å². The Morgan fingerprint density at radius 3 is 2.62 bits per heavy atom. The summed E-state index contributed by atoms with van der Waals surface area (Å²) < 4.78 is 13.0. The lowest BCUT2D eigenvalue weighted by Gasteiger charge is -2.12. The number of rotatable bonds is 6. The first-order valence-electron chi connectivity index (χ1n) is 7.21. The fraction of sp³-hybridized carbons (Fsp3) is 0.278. The largest absolute Gasteiger partial charge is 0.356 e. The maximum absolute atomic E-state index is 13.0. The summed E-state index contributed by atoms with van der Waals surface area (Å²) in [7, 11) is 0. The zero-order valence-corrected chi connectivity index (χ0v) is 12.2. The SMILES string of the molecule is CC(CCNC(=O)Cc1cccc(F)c1)c1ccccc1. The smallest absolute Gasteiger partial charge is 0.224 e. The molecule has 0 fully saturated rings. The predicted octanol–water partition coefficient (Wildman–Crippen LogP) is 3.68. The van der Waals surface area contributed by atoms with Crippen LogP contribution in [-0.4, -0.2) is 12.5 Å². The molecule has 0 aromatic heterocycles. The number of amides is 1. The van der Waals surface area contributed by atoms with E-state index >= 15 is 0 Å². The number of nitrogens with one attached hydrogen (secondary N) is 1. The molecule has 3 heteroatoms. The minimum absolute atomic E-state index is 0.0686. The average molecular weight is 285 g/mol. The molecule has 1 amide bonds. The van der Waals surface area contributed by atoms with Crippen LogP contribution >= 0.6 is 0 Å². The van der Waals surface area contributed by atoms with Gasteiger partial charge in [0.2, 0.25) is 5.91 Å². The number of hydrogen-bond donors (Lipinski definition) is 1. The van der Waals surface area contributed by atoms with E-state index in [1.165, 1.54) is 17.7 Å². The third-order valence-corrected chi connectivity index (χ3v) is 3.52. The lowest BCUT2D eigenvalue weighted by atomic mass is 9.98. The maximum atomic E-state index is 13.0. The Labute approximate surface area is 125 Å². The molecule has 1 atom stereocenters. The van der Waals surface area contributed by atoms with Crippen molar-refractivity contribution >= 4 is 5.91 Å². The molecule has 0 aliphatic heterocycles. The van der Waals surface area contributed by atoms with Crippen molar-refractivity contribution in [2.75, 3.05) is 6.54 Å². The van der Waals surface area contributed by atoms with Crippen LogP contribution in [0.1, 0.15) is 30.4 Å². The molecule has 2 rings (SSSR count). The highest BCUT2D eigenvalue weighted by Gasteiger charge is 2.07. The molecule has 0 saturated heterocycles. The molecule has 0 spiro atoms. The van der Waals surface area contributed by atoms with Crippen LogP contribution in [0.5, 0.6) is 0 Å². The molecule has 2 aromatic carbocycles. The first-order chi connectivity index (χ1) is 10.1. The standard InChI is InChI=1S/C18H20FNO/c1-14(16-7-3-2-4-8-16)10-11-20-18(21)13-15-6-5-9-17(19)12-15/h2-9,12,14H,10-11,13H2,1H3,(H,20,21). The van der Waals surface area contributed by atoms with Gasteiger partial charge in [0, 0.05) is 6.54 Å². The monoisotopic (exact) mass is 285 g/mol. The second-order valence-electron chi connectivity index (χ2n) is 5.26. The zero-order valence-electron chi connectivity index (χ0n) is 12.2. The van der Waals surface area contributed by atoms with E-state index in [0.717, 1.165) is 6.42 Å². The number of carbonyl (C=O) groups is 1. The highest BCUT2D eigenvalue weighted by atomic mass is 19.1. The van der Waals surface area contributed by atoms with E-state index in [-0.39, 0.29) is 18.1 Å². The number of benzene rings is 2. The van der Waals surface area contributed by atoms with Gasteiger partial charge in [0.05, 0.1) is 6.42 Å². The molecular weight excluding hydrogens is 265 g/mol. The van der Waals surface area contributed by atoms with Crippen molar-refractivity contribution in [3.05, 3.63) is 71.5 Å². The Bertz CT molecular complexity index is 583. The van der Waals surface area contributed by atoms with Gasteiger partial charge in [-0.05, 0) is 35.6 Å². The summed E-state index contributed by atoms with van der Waals surface area (Å²) in [6, 6.07) is 16.4. The Hall–Kier alpha value is -2.16. The van der Waals surface area contributed by atoms with E-state index < -0.39 is 0 Å². The van der Waals surface area contributed by atoms with Crippen LogP contribution in [0, 0.1) is 5.82 Å². The summed E-state index contributed by atoms with van der Waals surface area (Å²) in [5.74, 6) is 0.0273. The van der Waals surface area contributed by atoms with E-state index in [0.29, 0.717) is 18.0 Å². The van der Waals surface area contributed by atoms with Crippen molar-refractivity contribution in [1.82, 2.24) is 5.32 Å². The van der Waals surface area contributed by atoms with E-state index in [9.17, 15) is 9.18 Å². The van der Waals surface area contributed by atoms with Crippen molar-refractivity contribution in [1.29, 1.82) is 0 Å². The first kappa shape index (κ1) is 15.2. The Balaban J connectivity index is 1.74. The summed E-state index contributed by atoms with van der Waals surface area (Å²) in [5, 5.41) is 2.89. The number of carbonyl (C=O) groups excluding carboxylic acids is 1. The molecule has 1 N–H and O–H groups in total. The van der Waals surface area contributed by atoms with E-state index in [2.05, 4.69) is 24.4 Å². The molecule has 110 valence electrons. The zero-order chi connectivity index (χ0) is 15.1. The fourth-order valence-electron chi connectivity index (χ4n) is 2.27. The highest BCUT2D eigenvalue weighted by Crippen LogP contribution is 2.17. The van der Waals surface area contributed by atoms with Gasteiger partial charge >= 0.3 is 0 Å². The maximum Gasteiger partial charge on any atom is 0.224 e. The van der Waals surface area contributed by atoms with E-state index in [1.807, 2.05) is 18.2 Å². The first-order valence-corrected chi connectivity index (χ1v) is 7.21. The number of halogens is 1. The minimum atomic E-state index is -0.307. The van der Waals surface area contributed by atoms with E-state index in [1.54, 1.807) is 12.1 Å². The minimum Gasteiger partial charge on any atom is -0.356 e. The summed E-state index contributed by atoms with van der Waals surface area (Å²) >= 11 is 0. The molecule has 2 aromatic rings. The van der Waals surface area contributed by atoms with Crippen LogP contribution in [-0.2, 0) is 11.2 Å². The Kier molecular flexibility index (Phi) is 5.50. The highest BCUT2D eigenvalue weighted by molar-refractivity contribution is 5.78. The van der Waals surface area contributed by atoms with Crippen molar-refractivity contribution in [3.63, 3.8) is 0 Å². The van der Waals surface area contributed by atoms with Gasteiger partial charge in [0.15, 0.2) is 0 Å². The summed E-state index contributed by atoms with van der Waals surface area (Å²) in [5.41, 5.74) is 1.97. The van der Waals surface area contributed by atoms with Crippen molar-refractivity contribution in [3.8, 4) is 0 Å². The van der Waals surface area contributed by atoms with Crippen LogP contribution < -0.4 is 5.32 Å². The lowest BCUT2D eigenvalue weighted by Crippen LogP contribution is -2.26. The van der Waals surface area contributed by atoms with Crippen LogP contribution in [0.15, 0.2) is 54.6 Å². The Morgan fingerprint density at radius 2 is 1.90 bits per heavy atom. The second-order valence-corrected chi connectivity index (χ2v) is 5.26. The van der Waals surface area contributed by atoms with Gasteiger partial charge in [-0.2, -0.15) is 0 Å². The summed E-state index contributed by atoms with van der Waals surface area (Å²) in [6.45, 7) is 2.78. The average Bonchev–Trinajstić information content (AvgIpc) is 2.48. The van der Waals surface area contributed by atoms with Crippen LogP contribution in [0.4, 0.5) is 4.39 Å². The van der Waals surface area contributed by atoms with Gasteiger partial charge in [0.1, 0.15) is 5.82 Å². The number of hydrogen-bond acceptors (Lipinski definition) is 1. The molecule has 0 bridgehead atoms. The molecule has 21 heavy (non-hydrogen) atoms. The molecule has 0 heterocycles. The third kappa shape index (κ3) is 5.03. The van der Waals surface area contributed by atoms with Crippen molar-refractivity contribution < 1.29 is 9.18 Å². The van der Waals surface area contributed by atoms with Gasteiger partial charge in [-0.3, -0.25) is 4.79 Å².